The van der Waals surface area contributed by atoms with Gasteiger partial charge in [-0.15, -0.1) is 22.7 Å². The lowest BCUT2D eigenvalue weighted by Crippen LogP contribution is -2.36. The van der Waals surface area contributed by atoms with Gasteiger partial charge in [0, 0.05) is 15.3 Å². The summed E-state index contributed by atoms with van der Waals surface area (Å²) >= 11 is 3.42. The molecule has 0 bridgehead atoms. The number of nitrogens with zero attached hydrogens (tertiary/aromatic N) is 1. The van der Waals surface area contributed by atoms with Crippen molar-refractivity contribution in [2.24, 2.45) is 5.92 Å². The normalized spacial score (nSPS) is 17.1. The first-order valence-corrected chi connectivity index (χ1v) is 11.0. The van der Waals surface area contributed by atoms with Crippen LogP contribution in [0.2, 0.25) is 0 Å². The molecule has 1 atom stereocenters. The number of likely N-dealkylation sites (tertiary alicyclic amines) is 1. The first-order valence-electron chi connectivity index (χ1n) is 9.34. The van der Waals surface area contributed by atoms with E-state index >= 15 is 0 Å². The molecule has 3 aromatic heterocycles. The van der Waals surface area contributed by atoms with Crippen molar-refractivity contribution in [2.45, 2.75) is 32.7 Å². The molecule has 3 aromatic rings. The van der Waals surface area contributed by atoms with E-state index < -0.39 is 0 Å². The van der Waals surface area contributed by atoms with Crippen molar-refractivity contribution in [1.29, 1.82) is 0 Å². The smallest absolute Gasteiger partial charge is 0.291 e. The highest BCUT2D eigenvalue weighted by molar-refractivity contribution is 7.16. The first kappa shape index (κ1) is 18.5. The number of carbonyl (C=O) groups is 1. The molecule has 1 aliphatic heterocycles. The van der Waals surface area contributed by atoms with Gasteiger partial charge < -0.3 is 9.73 Å². The molecule has 1 saturated heterocycles. The molecule has 0 spiro atoms. The summed E-state index contributed by atoms with van der Waals surface area (Å²) in [6.07, 6.45) is 3.97. The van der Waals surface area contributed by atoms with Gasteiger partial charge in [-0.2, -0.15) is 0 Å². The number of hydrogen-bond acceptors (Lipinski definition) is 5. The lowest BCUT2D eigenvalue weighted by molar-refractivity contribution is 0.0996. The van der Waals surface area contributed by atoms with Crippen LogP contribution < -0.4 is 5.32 Å². The molecule has 0 aliphatic carbocycles. The zero-order valence-electron chi connectivity index (χ0n) is 15.6. The lowest BCUT2D eigenvalue weighted by atomic mass is 9.95. The number of thiophene rings is 2. The van der Waals surface area contributed by atoms with Gasteiger partial charge in [-0.3, -0.25) is 9.69 Å². The van der Waals surface area contributed by atoms with E-state index in [0.29, 0.717) is 5.76 Å². The third-order valence-corrected chi connectivity index (χ3v) is 7.05. The summed E-state index contributed by atoms with van der Waals surface area (Å²) in [5.74, 6) is 0.930. The number of furan rings is 1. The van der Waals surface area contributed by atoms with Crippen LogP contribution in [0.5, 0.6) is 0 Å². The van der Waals surface area contributed by atoms with Crippen molar-refractivity contribution < 1.29 is 9.21 Å². The summed E-state index contributed by atoms with van der Waals surface area (Å²) in [4.78, 5) is 17.7. The SMILES string of the molecule is Cc1cc([C@H](c2cccs2)N2CCC(C)CC2)c(NC(=O)c2ccco2)s1. The van der Waals surface area contributed by atoms with E-state index in [9.17, 15) is 4.79 Å². The van der Waals surface area contributed by atoms with Gasteiger partial charge in [-0.25, -0.2) is 0 Å². The third-order valence-electron chi connectivity index (χ3n) is 5.15. The topological polar surface area (TPSA) is 45.5 Å². The molecule has 4 rings (SSSR count). The van der Waals surface area contributed by atoms with Gasteiger partial charge in [0.05, 0.1) is 12.3 Å². The number of hydrogen-bond donors (Lipinski definition) is 1. The van der Waals surface area contributed by atoms with Gasteiger partial charge in [0.2, 0.25) is 0 Å². The van der Waals surface area contributed by atoms with Crippen molar-refractivity contribution in [1.82, 2.24) is 4.90 Å². The Morgan fingerprint density at radius 3 is 2.78 bits per heavy atom. The summed E-state index contributed by atoms with van der Waals surface area (Å²) in [7, 11) is 0. The highest BCUT2D eigenvalue weighted by atomic mass is 32.1. The molecular formula is C21H24N2O2S2. The molecule has 1 fully saturated rings. The highest BCUT2D eigenvalue weighted by Gasteiger charge is 2.30. The third kappa shape index (κ3) is 4.03. The molecule has 1 amide bonds. The molecule has 4 heterocycles. The highest BCUT2D eigenvalue weighted by Crippen LogP contribution is 2.41. The number of piperidine rings is 1. The van der Waals surface area contributed by atoms with Crippen LogP contribution in [0.15, 0.2) is 46.4 Å². The Labute approximate surface area is 167 Å². The van der Waals surface area contributed by atoms with E-state index in [-0.39, 0.29) is 11.9 Å². The number of nitrogens with one attached hydrogen (secondary N) is 1. The van der Waals surface area contributed by atoms with Gasteiger partial charge in [0.25, 0.3) is 5.91 Å². The summed E-state index contributed by atoms with van der Waals surface area (Å²) < 4.78 is 5.26. The molecule has 0 unspecified atom stereocenters. The lowest BCUT2D eigenvalue weighted by Gasteiger charge is -2.36. The Balaban J connectivity index is 1.67. The Morgan fingerprint density at radius 2 is 2.11 bits per heavy atom. The maximum atomic E-state index is 12.6. The Bertz CT molecular complexity index is 876. The Kier molecular flexibility index (Phi) is 5.48. The van der Waals surface area contributed by atoms with Gasteiger partial charge in [-0.05, 0) is 68.4 Å². The molecule has 6 heteroatoms. The zero-order chi connectivity index (χ0) is 18.8. The minimum atomic E-state index is -0.194. The summed E-state index contributed by atoms with van der Waals surface area (Å²) in [5, 5.41) is 6.14. The van der Waals surface area contributed by atoms with Crippen LogP contribution in [-0.4, -0.2) is 23.9 Å². The van der Waals surface area contributed by atoms with Gasteiger partial charge >= 0.3 is 0 Å². The molecule has 0 radical (unpaired) electrons. The van der Waals surface area contributed by atoms with E-state index in [1.807, 2.05) is 0 Å². The van der Waals surface area contributed by atoms with Gasteiger partial charge in [-0.1, -0.05) is 13.0 Å². The average Bonchev–Trinajstić information content (AvgIpc) is 3.40. The first-order chi connectivity index (χ1) is 13.1. The number of amides is 1. The average molecular weight is 401 g/mol. The molecule has 142 valence electrons. The Hall–Kier alpha value is -1.89. The van der Waals surface area contributed by atoms with Crippen molar-refractivity contribution in [3.63, 3.8) is 0 Å². The second-order valence-corrected chi connectivity index (χ2v) is 9.44. The maximum Gasteiger partial charge on any atom is 0.291 e. The van der Waals surface area contributed by atoms with E-state index in [0.717, 1.165) is 24.0 Å². The predicted octanol–water partition coefficient (Wildman–Crippen LogP) is 5.78. The molecule has 4 nitrogen and oxygen atoms in total. The summed E-state index contributed by atoms with van der Waals surface area (Å²) in [5.41, 5.74) is 1.19. The van der Waals surface area contributed by atoms with Crippen molar-refractivity contribution in [3.8, 4) is 0 Å². The van der Waals surface area contributed by atoms with Crippen LogP contribution in [0.25, 0.3) is 0 Å². The monoisotopic (exact) mass is 400 g/mol. The zero-order valence-corrected chi connectivity index (χ0v) is 17.2. The van der Waals surface area contributed by atoms with Crippen molar-refractivity contribution in [2.75, 3.05) is 18.4 Å². The van der Waals surface area contributed by atoms with Crippen molar-refractivity contribution in [3.05, 3.63) is 63.1 Å². The predicted molar refractivity (Wildman–Crippen MR) is 112 cm³/mol. The van der Waals surface area contributed by atoms with Crippen molar-refractivity contribution >= 4 is 33.6 Å². The molecule has 1 N–H and O–H groups in total. The van der Waals surface area contributed by atoms with Crippen LogP contribution >= 0.6 is 22.7 Å². The largest absolute Gasteiger partial charge is 0.459 e. The summed E-state index contributed by atoms with van der Waals surface area (Å²) in [6, 6.07) is 10.2. The van der Waals surface area contributed by atoms with Crippen LogP contribution in [0.4, 0.5) is 5.00 Å². The number of aryl methyl sites for hydroxylation is 1. The standard InChI is InChI=1S/C21H24N2O2S2/c1-14-7-9-23(10-8-14)19(18-6-4-12-26-18)16-13-15(2)27-21(16)22-20(24)17-5-3-11-25-17/h3-6,11-14,19H,7-10H2,1-2H3,(H,22,24)/t19-/m1/s1. The van der Waals surface area contributed by atoms with E-state index in [1.165, 1.54) is 34.4 Å². The number of rotatable bonds is 5. The van der Waals surface area contributed by atoms with Gasteiger partial charge in [0.15, 0.2) is 5.76 Å². The minimum absolute atomic E-state index is 0.189. The van der Waals surface area contributed by atoms with E-state index in [1.54, 1.807) is 34.8 Å². The van der Waals surface area contributed by atoms with Crippen LogP contribution in [0.1, 0.15) is 51.7 Å². The second kappa shape index (κ2) is 8.00. The molecular weight excluding hydrogens is 376 g/mol. The fourth-order valence-corrected chi connectivity index (χ4v) is 5.49. The molecule has 27 heavy (non-hydrogen) atoms. The molecule has 0 aromatic carbocycles. The summed E-state index contributed by atoms with van der Waals surface area (Å²) in [6.45, 7) is 6.61. The quantitative estimate of drug-likeness (QED) is 0.590. The maximum absolute atomic E-state index is 12.6. The number of carbonyl (C=O) groups excluding carboxylic acids is 1. The van der Waals surface area contributed by atoms with E-state index in [2.05, 4.69) is 47.6 Å². The van der Waals surface area contributed by atoms with E-state index in [4.69, 9.17) is 4.42 Å². The van der Waals surface area contributed by atoms with Crippen LogP contribution in [0.3, 0.4) is 0 Å². The second-order valence-electron chi connectivity index (χ2n) is 7.21. The molecule has 1 aliphatic rings. The van der Waals surface area contributed by atoms with Crippen LogP contribution in [0, 0.1) is 12.8 Å². The minimum Gasteiger partial charge on any atom is -0.459 e. The number of anilines is 1. The van der Waals surface area contributed by atoms with Crippen LogP contribution in [-0.2, 0) is 0 Å². The fraction of sp³-hybridized carbons (Fsp3) is 0.381. The Morgan fingerprint density at radius 1 is 1.30 bits per heavy atom. The molecule has 0 saturated carbocycles. The fourth-order valence-electron chi connectivity index (χ4n) is 3.67. The van der Waals surface area contributed by atoms with Gasteiger partial charge in [0.1, 0.15) is 5.00 Å².